The van der Waals surface area contributed by atoms with Gasteiger partial charge >= 0.3 is 0 Å². The SMILES string of the molecule is NCCNC(=O)c1cccc(-c2ccc3c(c2)N(c2ccc(Cl)cc2Cl)CCO3)c1. The predicted molar refractivity (Wildman–Crippen MR) is 122 cm³/mol. The van der Waals surface area contributed by atoms with Crippen molar-refractivity contribution in [2.45, 2.75) is 0 Å². The van der Waals surface area contributed by atoms with E-state index in [9.17, 15) is 4.79 Å². The van der Waals surface area contributed by atoms with Gasteiger partial charge in [0.2, 0.25) is 0 Å². The van der Waals surface area contributed by atoms with Crippen LogP contribution in [-0.2, 0) is 0 Å². The molecule has 5 nitrogen and oxygen atoms in total. The zero-order valence-corrected chi connectivity index (χ0v) is 17.7. The zero-order chi connectivity index (χ0) is 21.1. The number of amides is 1. The van der Waals surface area contributed by atoms with Crippen LogP contribution in [0.4, 0.5) is 11.4 Å². The molecular weight excluding hydrogens is 421 g/mol. The van der Waals surface area contributed by atoms with Crippen molar-refractivity contribution in [2.75, 3.05) is 31.1 Å². The number of hydrogen-bond acceptors (Lipinski definition) is 4. The van der Waals surface area contributed by atoms with Crippen LogP contribution in [-0.4, -0.2) is 32.1 Å². The fraction of sp³-hybridized carbons (Fsp3) is 0.174. The Labute approximate surface area is 185 Å². The van der Waals surface area contributed by atoms with Crippen molar-refractivity contribution >= 4 is 40.5 Å². The molecule has 0 atom stereocenters. The second kappa shape index (κ2) is 8.96. The summed E-state index contributed by atoms with van der Waals surface area (Å²) in [5.74, 6) is 0.644. The molecule has 1 aliphatic rings. The average Bonchev–Trinajstić information content (AvgIpc) is 2.77. The van der Waals surface area contributed by atoms with Crippen molar-refractivity contribution in [3.63, 3.8) is 0 Å². The Morgan fingerprint density at radius 3 is 2.67 bits per heavy atom. The number of ether oxygens (including phenoxy) is 1. The Kier molecular flexibility index (Phi) is 6.13. The lowest BCUT2D eigenvalue weighted by molar-refractivity contribution is 0.0955. The van der Waals surface area contributed by atoms with E-state index in [0.29, 0.717) is 41.8 Å². The molecule has 0 radical (unpaired) electrons. The van der Waals surface area contributed by atoms with E-state index in [2.05, 4.69) is 16.3 Å². The van der Waals surface area contributed by atoms with E-state index in [0.717, 1.165) is 28.3 Å². The molecule has 0 bridgehead atoms. The van der Waals surface area contributed by atoms with Gasteiger partial charge in [-0.3, -0.25) is 4.79 Å². The summed E-state index contributed by atoms with van der Waals surface area (Å²) in [5, 5.41) is 3.97. The lowest BCUT2D eigenvalue weighted by Crippen LogP contribution is -2.29. The maximum atomic E-state index is 12.3. The minimum atomic E-state index is -0.141. The molecule has 0 unspecified atom stereocenters. The fourth-order valence-corrected chi connectivity index (χ4v) is 3.99. The summed E-state index contributed by atoms with van der Waals surface area (Å²) in [6.45, 7) is 2.07. The van der Waals surface area contributed by atoms with Crippen LogP contribution in [0.25, 0.3) is 11.1 Å². The minimum absolute atomic E-state index is 0.141. The monoisotopic (exact) mass is 441 g/mol. The van der Waals surface area contributed by atoms with Gasteiger partial charge in [-0.1, -0.05) is 41.4 Å². The number of anilines is 2. The van der Waals surface area contributed by atoms with Crippen molar-refractivity contribution in [2.24, 2.45) is 5.73 Å². The average molecular weight is 442 g/mol. The molecule has 3 N–H and O–H groups in total. The summed E-state index contributed by atoms with van der Waals surface area (Å²) in [6.07, 6.45) is 0. The maximum absolute atomic E-state index is 12.3. The molecule has 7 heteroatoms. The van der Waals surface area contributed by atoms with Crippen LogP contribution in [0, 0.1) is 0 Å². The lowest BCUT2D eigenvalue weighted by atomic mass is 10.0. The van der Waals surface area contributed by atoms with Crippen molar-refractivity contribution in [3.05, 3.63) is 76.3 Å². The molecule has 0 aromatic heterocycles. The number of carbonyl (C=O) groups excluding carboxylic acids is 1. The van der Waals surface area contributed by atoms with Gasteiger partial charge < -0.3 is 20.7 Å². The molecule has 30 heavy (non-hydrogen) atoms. The van der Waals surface area contributed by atoms with Crippen LogP contribution in [0.1, 0.15) is 10.4 Å². The first-order valence-electron chi connectivity index (χ1n) is 9.65. The van der Waals surface area contributed by atoms with Gasteiger partial charge in [-0.25, -0.2) is 0 Å². The first-order valence-corrected chi connectivity index (χ1v) is 10.4. The van der Waals surface area contributed by atoms with Gasteiger partial charge in [-0.05, 0) is 53.6 Å². The second-order valence-electron chi connectivity index (χ2n) is 6.90. The Morgan fingerprint density at radius 2 is 1.87 bits per heavy atom. The van der Waals surface area contributed by atoms with Crippen LogP contribution in [0.15, 0.2) is 60.7 Å². The number of nitrogens with zero attached hydrogens (tertiary/aromatic N) is 1. The smallest absolute Gasteiger partial charge is 0.251 e. The summed E-state index contributed by atoms with van der Waals surface area (Å²) in [4.78, 5) is 14.4. The Balaban J connectivity index is 1.70. The van der Waals surface area contributed by atoms with Crippen LogP contribution < -0.4 is 20.7 Å². The quantitative estimate of drug-likeness (QED) is 0.591. The molecule has 0 fully saturated rings. The molecule has 3 aromatic carbocycles. The second-order valence-corrected chi connectivity index (χ2v) is 7.75. The predicted octanol–water partition coefficient (Wildman–Crippen LogP) is 4.88. The van der Waals surface area contributed by atoms with Crippen molar-refractivity contribution in [3.8, 4) is 16.9 Å². The van der Waals surface area contributed by atoms with E-state index >= 15 is 0 Å². The van der Waals surface area contributed by atoms with Crippen molar-refractivity contribution < 1.29 is 9.53 Å². The molecule has 1 aliphatic heterocycles. The highest BCUT2D eigenvalue weighted by Gasteiger charge is 2.22. The Hall–Kier alpha value is -2.73. The molecule has 0 saturated heterocycles. The highest BCUT2D eigenvalue weighted by Crippen LogP contribution is 2.42. The van der Waals surface area contributed by atoms with Crippen LogP contribution in [0.5, 0.6) is 5.75 Å². The van der Waals surface area contributed by atoms with Gasteiger partial charge in [0.05, 0.1) is 22.9 Å². The molecule has 154 valence electrons. The van der Waals surface area contributed by atoms with Gasteiger partial charge in [0.1, 0.15) is 12.4 Å². The normalized spacial score (nSPS) is 12.8. The molecular formula is C23H21Cl2N3O2. The third-order valence-corrected chi connectivity index (χ3v) is 5.45. The molecule has 0 aliphatic carbocycles. The number of carbonyl (C=O) groups is 1. The number of hydrogen-bond donors (Lipinski definition) is 2. The van der Waals surface area contributed by atoms with Crippen molar-refractivity contribution in [1.29, 1.82) is 0 Å². The Bertz CT molecular complexity index is 1090. The topological polar surface area (TPSA) is 67.6 Å². The Morgan fingerprint density at radius 1 is 1.03 bits per heavy atom. The molecule has 1 amide bonds. The van der Waals surface area contributed by atoms with Gasteiger partial charge in [0, 0.05) is 23.7 Å². The highest BCUT2D eigenvalue weighted by atomic mass is 35.5. The van der Waals surface area contributed by atoms with Crippen LogP contribution >= 0.6 is 23.2 Å². The first kappa shape index (κ1) is 20.5. The van der Waals surface area contributed by atoms with E-state index in [4.69, 9.17) is 33.7 Å². The number of fused-ring (bicyclic) bond motifs is 1. The van der Waals surface area contributed by atoms with E-state index in [1.54, 1.807) is 12.1 Å². The summed E-state index contributed by atoms with van der Waals surface area (Å²) in [5.41, 5.74) is 9.76. The van der Waals surface area contributed by atoms with E-state index < -0.39 is 0 Å². The number of benzene rings is 3. The standard InChI is InChI=1S/C23H21Cl2N3O2/c24-18-5-6-20(19(25)14-18)28-10-11-30-22-7-4-16(13-21(22)28)15-2-1-3-17(12-15)23(29)27-9-8-26/h1-7,12-14H,8-11,26H2,(H,27,29). The van der Waals surface area contributed by atoms with E-state index in [-0.39, 0.29) is 5.91 Å². The third kappa shape index (κ3) is 4.24. The van der Waals surface area contributed by atoms with E-state index in [1.165, 1.54) is 0 Å². The number of nitrogens with two attached hydrogens (primary N) is 1. The highest BCUT2D eigenvalue weighted by molar-refractivity contribution is 6.36. The fourth-order valence-electron chi connectivity index (χ4n) is 3.48. The van der Waals surface area contributed by atoms with Crippen LogP contribution in [0.3, 0.4) is 0 Å². The van der Waals surface area contributed by atoms with Crippen LogP contribution in [0.2, 0.25) is 10.0 Å². The minimum Gasteiger partial charge on any atom is -0.490 e. The summed E-state index contributed by atoms with van der Waals surface area (Å²) in [7, 11) is 0. The van der Waals surface area contributed by atoms with Gasteiger partial charge in [-0.15, -0.1) is 0 Å². The molecule has 1 heterocycles. The molecule has 0 saturated carbocycles. The molecule has 3 aromatic rings. The van der Waals surface area contributed by atoms with Gasteiger partial charge in [0.25, 0.3) is 5.91 Å². The molecule has 0 spiro atoms. The zero-order valence-electron chi connectivity index (χ0n) is 16.2. The summed E-state index contributed by atoms with van der Waals surface area (Å²) >= 11 is 12.5. The van der Waals surface area contributed by atoms with E-state index in [1.807, 2.05) is 42.5 Å². The number of rotatable bonds is 5. The maximum Gasteiger partial charge on any atom is 0.251 e. The summed E-state index contributed by atoms with van der Waals surface area (Å²) in [6, 6.07) is 19.0. The summed E-state index contributed by atoms with van der Waals surface area (Å²) < 4.78 is 5.85. The van der Waals surface area contributed by atoms with Gasteiger partial charge in [-0.2, -0.15) is 0 Å². The number of nitrogens with one attached hydrogen (secondary N) is 1. The third-order valence-electron chi connectivity index (χ3n) is 4.91. The first-order chi connectivity index (χ1) is 14.6. The lowest BCUT2D eigenvalue weighted by Gasteiger charge is -2.32. The van der Waals surface area contributed by atoms with Gasteiger partial charge in [0.15, 0.2) is 0 Å². The number of halogens is 2. The largest absolute Gasteiger partial charge is 0.490 e. The molecule has 4 rings (SSSR count). The van der Waals surface area contributed by atoms with Crippen molar-refractivity contribution in [1.82, 2.24) is 5.32 Å².